The van der Waals surface area contributed by atoms with Gasteiger partial charge in [0.1, 0.15) is 0 Å². The van der Waals surface area contributed by atoms with Crippen molar-refractivity contribution in [3.63, 3.8) is 0 Å². The summed E-state index contributed by atoms with van der Waals surface area (Å²) in [7, 11) is 0. The zero-order chi connectivity index (χ0) is 19.6. The van der Waals surface area contributed by atoms with Gasteiger partial charge in [-0.05, 0) is 43.5 Å². The van der Waals surface area contributed by atoms with E-state index < -0.39 is 5.41 Å². The molecule has 3 N–H and O–H groups in total. The quantitative estimate of drug-likeness (QED) is 0.464. The summed E-state index contributed by atoms with van der Waals surface area (Å²) in [5.74, 6) is -0.390. The van der Waals surface area contributed by atoms with E-state index in [4.69, 9.17) is 4.74 Å². The third-order valence-corrected chi connectivity index (χ3v) is 5.44. The van der Waals surface area contributed by atoms with E-state index in [1.165, 1.54) is 0 Å². The van der Waals surface area contributed by atoms with Gasteiger partial charge in [-0.15, -0.1) is 0 Å². The van der Waals surface area contributed by atoms with Crippen molar-refractivity contribution >= 4 is 28.3 Å². The number of nitrogens with one attached hydrogen (secondary N) is 2. The molecule has 28 heavy (non-hydrogen) atoms. The first kappa shape index (κ1) is 18.4. The molecule has 0 radical (unpaired) electrons. The number of amides is 1. The summed E-state index contributed by atoms with van der Waals surface area (Å²) in [4.78, 5) is 16.8. The first-order valence-electron chi connectivity index (χ1n) is 9.38. The van der Waals surface area contributed by atoms with Crippen LogP contribution in [0.15, 0.2) is 42.7 Å². The first-order valence-corrected chi connectivity index (χ1v) is 9.38. The van der Waals surface area contributed by atoms with Crippen molar-refractivity contribution in [1.29, 1.82) is 0 Å². The molecule has 1 fully saturated rings. The fourth-order valence-corrected chi connectivity index (χ4v) is 3.82. The van der Waals surface area contributed by atoms with E-state index in [1.807, 2.05) is 53.6 Å². The average Bonchev–Trinajstić information content (AvgIpc) is 3.18. The van der Waals surface area contributed by atoms with E-state index in [9.17, 15) is 10.0 Å². The second-order valence-electron chi connectivity index (χ2n) is 6.89. The maximum Gasteiger partial charge on any atom is 0.254 e. The molecule has 1 aliphatic heterocycles. The van der Waals surface area contributed by atoms with E-state index in [0.29, 0.717) is 26.1 Å². The molecule has 4 rings (SSSR count). The summed E-state index contributed by atoms with van der Waals surface area (Å²) in [5, 5.41) is 17.9. The third kappa shape index (κ3) is 3.10. The Morgan fingerprint density at radius 1 is 1.25 bits per heavy atom. The highest BCUT2D eigenvalue weighted by molar-refractivity contribution is 5.91. The highest BCUT2D eigenvalue weighted by Gasteiger charge is 2.41. The number of hydrogen-bond acceptors (Lipinski definition) is 6. The lowest BCUT2D eigenvalue weighted by molar-refractivity contribution is -0.139. The number of benzene rings is 1. The van der Waals surface area contributed by atoms with Crippen molar-refractivity contribution in [1.82, 2.24) is 20.2 Å². The molecule has 8 nitrogen and oxygen atoms in total. The number of carbonyl (C=O) groups excluding carboxylic acids is 1. The molecule has 0 spiro atoms. The van der Waals surface area contributed by atoms with Crippen molar-refractivity contribution in [2.24, 2.45) is 0 Å². The Balaban J connectivity index is 1.62. The number of carbonyl (C=O) groups is 1. The van der Waals surface area contributed by atoms with Crippen molar-refractivity contribution in [2.75, 3.05) is 18.5 Å². The maximum absolute atomic E-state index is 12.4. The molecule has 1 amide bonds. The lowest BCUT2D eigenvalue weighted by Gasteiger charge is -2.35. The molecule has 0 atom stereocenters. The molecule has 1 aromatic carbocycles. The van der Waals surface area contributed by atoms with Gasteiger partial charge in [0.05, 0.1) is 22.7 Å². The van der Waals surface area contributed by atoms with Crippen LogP contribution >= 0.6 is 0 Å². The van der Waals surface area contributed by atoms with E-state index >= 15 is 0 Å². The predicted octanol–water partition coefficient (Wildman–Crippen LogP) is 2.75. The number of anilines is 2. The Kier molecular flexibility index (Phi) is 4.97. The highest BCUT2D eigenvalue weighted by Crippen LogP contribution is 2.36. The number of hydroxylamine groups is 1. The van der Waals surface area contributed by atoms with Crippen molar-refractivity contribution in [2.45, 2.75) is 31.7 Å². The van der Waals surface area contributed by atoms with Crippen LogP contribution in [-0.2, 0) is 21.5 Å². The molecule has 2 aromatic heterocycles. The summed E-state index contributed by atoms with van der Waals surface area (Å²) < 4.78 is 7.26. The smallest absolute Gasteiger partial charge is 0.254 e. The lowest BCUT2D eigenvalue weighted by atomic mass is 9.73. The highest BCUT2D eigenvalue weighted by atomic mass is 16.5. The van der Waals surface area contributed by atoms with Crippen LogP contribution in [-0.4, -0.2) is 39.1 Å². The predicted molar refractivity (Wildman–Crippen MR) is 105 cm³/mol. The molecule has 0 aliphatic carbocycles. The standard InChI is InChI=1S/C20H23N5O3/c1-2-25-18-16(13-22-25)17(7-10-21-18)23-15-5-3-14(4-6-15)20(19(26)24-27)8-11-28-12-9-20/h3-7,10,13,27H,2,8-9,11-12H2,1H3,(H,21,23)(H,24,26). The van der Waals surface area contributed by atoms with Gasteiger partial charge in [0.15, 0.2) is 5.65 Å². The van der Waals surface area contributed by atoms with Crippen LogP contribution in [0.25, 0.3) is 11.0 Å². The normalized spacial score (nSPS) is 16.1. The molecule has 8 heteroatoms. The number of rotatable bonds is 5. The number of hydrogen-bond donors (Lipinski definition) is 3. The van der Waals surface area contributed by atoms with E-state index in [1.54, 1.807) is 6.20 Å². The third-order valence-electron chi connectivity index (χ3n) is 5.44. The van der Waals surface area contributed by atoms with E-state index in [2.05, 4.69) is 15.4 Å². The minimum absolute atomic E-state index is 0.390. The van der Waals surface area contributed by atoms with Gasteiger partial charge in [-0.1, -0.05) is 12.1 Å². The second-order valence-corrected chi connectivity index (χ2v) is 6.89. The van der Waals surface area contributed by atoms with Crippen LogP contribution in [0, 0.1) is 0 Å². The van der Waals surface area contributed by atoms with Gasteiger partial charge in [0, 0.05) is 31.6 Å². The topological polar surface area (TPSA) is 101 Å². The number of pyridine rings is 1. The van der Waals surface area contributed by atoms with Gasteiger partial charge in [0.25, 0.3) is 5.91 Å². The summed E-state index contributed by atoms with van der Waals surface area (Å²) >= 11 is 0. The van der Waals surface area contributed by atoms with Gasteiger partial charge in [-0.25, -0.2) is 15.1 Å². The second kappa shape index (κ2) is 7.57. The van der Waals surface area contributed by atoms with Crippen LogP contribution in [0.5, 0.6) is 0 Å². The van der Waals surface area contributed by atoms with Gasteiger partial charge in [-0.2, -0.15) is 5.10 Å². The summed E-state index contributed by atoms with van der Waals surface area (Å²) in [6.07, 6.45) is 4.64. The van der Waals surface area contributed by atoms with E-state index in [-0.39, 0.29) is 5.91 Å². The van der Waals surface area contributed by atoms with Crippen molar-refractivity contribution in [3.8, 4) is 0 Å². The van der Waals surface area contributed by atoms with Gasteiger partial charge < -0.3 is 10.1 Å². The Labute approximate surface area is 162 Å². The largest absolute Gasteiger partial charge is 0.381 e. The first-order chi connectivity index (χ1) is 13.7. The zero-order valence-corrected chi connectivity index (χ0v) is 15.7. The van der Waals surface area contributed by atoms with Crippen molar-refractivity contribution in [3.05, 3.63) is 48.3 Å². The molecule has 0 unspecified atom stereocenters. The number of fused-ring (bicyclic) bond motifs is 1. The Morgan fingerprint density at radius 3 is 2.68 bits per heavy atom. The fraction of sp³-hybridized carbons (Fsp3) is 0.350. The van der Waals surface area contributed by atoms with Crippen LogP contribution in [0.2, 0.25) is 0 Å². The Hall–Kier alpha value is -2.97. The molecule has 1 aliphatic rings. The average molecular weight is 381 g/mol. The van der Waals surface area contributed by atoms with Crippen LogP contribution < -0.4 is 10.8 Å². The van der Waals surface area contributed by atoms with E-state index in [0.717, 1.165) is 34.5 Å². The summed E-state index contributed by atoms with van der Waals surface area (Å²) in [5.41, 5.74) is 4.59. The summed E-state index contributed by atoms with van der Waals surface area (Å²) in [6, 6.07) is 9.64. The molecule has 0 saturated carbocycles. The minimum atomic E-state index is -0.766. The maximum atomic E-state index is 12.4. The Bertz CT molecular complexity index is 977. The molecule has 1 saturated heterocycles. The minimum Gasteiger partial charge on any atom is -0.381 e. The summed E-state index contributed by atoms with van der Waals surface area (Å²) in [6.45, 7) is 3.77. The van der Waals surface area contributed by atoms with Gasteiger partial charge in [-0.3, -0.25) is 10.0 Å². The fourth-order valence-electron chi connectivity index (χ4n) is 3.82. The number of aromatic nitrogens is 3. The Morgan fingerprint density at radius 2 is 2.00 bits per heavy atom. The molecular formula is C20H23N5O3. The number of aryl methyl sites for hydroxylation is 1. The van der Waals surface area contributed by atoms with Crippen molar-refractivity contribution < 1.29 is 14.7 Å². The zero-order valence-electron chi connectivity index (χ0n) is 15.7. The molecule has 0 bridgehead atoms. The molecule has 146 valence electrons. The monoisotopic (exact) mass is 381 g/mol. The van der Waals surface area contributed by atoms with Crippen LogP contribution in [0.1, 0.15) is 25.3 Å². The van der Waals surface area contributed by atoms with Crippen LogP contribution in [0.3, 0.4) is 0 Å². The van der Waals surface area contributed by atoms with Gasteiger partial charge >= 0.3 is 0 Å². The number of ether oxygens (including phenoxy) is 1. The molecule has 3 heterocycles. The number of nitrogens with zero attached hydrogens (tertiary/aromatic N) is 3. The van der Waals surface area contributed by atoms with Gasteiger partial charge in [0.2, 0.25) is 0 Å². The molecular weight excluding hydrogens is 358 g/mol. The van der Waals surface area contributed by atoms with Crippen LogP contribution in [0.4, 0.5) is 11.4 Å². The molecule has 3 aromatic rings. The SMILES string of the molecule is CCn1ncc2c(Nc3ccc(C4(C(=O)NO)CCOCC4)cc3)ccnc21. The lowest BCUT2D eigenvalue weighted by Crippen LogP contribution is -2.47.